The normalized spacial score (nSPS) is 43.5. The van der Waals surface area contributed by atoms with Crippen LogP contribution in [0, 0.1) is 65.1 Å². The molecule has 6 rings (SSSR count). The molecule has 0 saturated heterocycles. The monoisotopic (exact) mass is 565 g/mol. The van der Waals surface area contributed by atoms with Gasteiger partial charge in [0.15, 0.2) is 0 Å². The van der Waals surface area contributed by atoms with E-state index in [9.17, 15) is 0 Å². The molecule has 0 aromatic carbocycles. The molecule has 0 atom stereocenters. The van der Waals surface area contributed by atoms with E-state index in [1.807, 2.05) is 0 Å². The molecule has 0 amide bonds. The Morgan fingerprint density at radius 2 is 0.512 bits per heavy atom. The van der Waals surface area contributed by atoms with Crippen LogP contribution in [0.25, 0.3) is 0 Å². The zero-order valence-electron chi connectivity index (χ0n) is 27.9. The lowest BCUT2D eigenvalue weighted by Gasteiger charge is -2.39. The molecule has 0 aromatic rings. The summed E-state index contributed by atoms with van der Waals surface area (Å²) in [4.78, 5) is 0. The van der Waals surface area contributed by atoms with E-state index in [4.69, 9.17) is 0 Å². The molecule has 6 saturated carbocycles. The molecule has 236 valence electrons. The van der Waals surface area contributed by atoms with Crippen molar-refractivity contribution in [3.05, 3.63) is 0 Å². The zero-order valence-corrected chi connectivity index (χ0v) is 27.9. The van der Waals surface area contributed by atoms with E-state index >= 15 is 0 Å². The van der Waals surface area contributed by atoms with Crippen molar-refractivity contribution in [3.8, 4) is 0 Å². The number of hydrogen-bond acceptors (Lipinski definition) is 0. The summed E-state index contributed by atoms with van der Waals surface area (Å²) in [7, 11) is 0. The minimum atomic E-state index is 1.02. The summed E-state index contributed by atoms with van der Waals surface area (Å²) in [5, 5.41) is 0. The Morgan fingerprint density at radius 3 is 0.805 bits per heavy atom. The minimum Gasteiger partial charge on any atom is -0.0625 e. The molecule has 41 heavy (non-hydrogen) atoms. The smallest absolute Gasteiger partial charge is 0.0386 e. The molecule has 0 radical (unpaired) electrons. The molecule has 0 aromatic heterocycles. The highest BCUT2D eigenvalue weighted by molar-refractivity contribution is 4.85. The van der Waals surface area contributed by atoms with Crippen LogP contribution in [0.4, 0.5) is 0 Å². The van der Waals surface area contributed by atoms with Crippen LogP contribution in [0.5, 0.6) is 0 Å². The third kappa shape index (κ3) is 9.03. The van der Waals surface area contributed by atoms with Gasteiger partial charge < -0.3 is 0 Å². The molecule has 0 bridgehead atoms. The highest BCUT2D eigenvalue weighted by Crippen LogP contribution is 2.46. The lowest BCUT2D eigenvalue weighted by Crippen LogP contribution is -2.27. The van der Waals surface area contributed by atoms with Gasteiger partial charge in [-0.1, -0.05) is 129 Å². The SMILES string of the molecule is CC1CCC(C2CCC(CCC3CCC(C4CCC(CCC5CCC(C6CCCCC6)CC5)CC4)CC3)CC2)CC1. The van der Waals surface area contributed by atoms with Crippen LogP contribution >= 0.6 is 0 Å². The van der Waals surface area contributed by atoms with Gasteiger partial charge in [0, 0.05) is 0 Å². The van der Waals surface area contributed by atoms with E-state index in [0.29, 0.717) is 0 Å². The molecule has 6 aliphatic rings. The summed E-state index contributed by atoms with van der Waals surface area (Å²) in [5.74, 6) is 12.1. The molecule has 0 N–H and O–H groups in total. The second kappa shape index (κ2) is 15.8. The molecule has 0 nitrogen and oxygen atoms in total. The van der Waals surface area contributed by atoms with E-state index in [1.54, 1.807) is 154 Å². The van der Waals surface area contributed by atoms with Gasteiger partial charge in [-0.15, -0.1) is 0 Å². The number of hydrogen-bond donors (Lipinski definition) is 0. The summed E-state index contributed by atoms with van der Waals surface area (Å²) in [6, 6.07) is 0. The largest absolute Gasteiger partial charge is 0.0625 e. The Hall–Kier alpha value is 0. The maximum atomic E-state index is 2.48. The van der Waals surface area contributed by atoms with Crippen LogP contribution in [0.2, 0.25) is 0 Å². The van der Waals surface area contributed by atoms with Crippen LogP contribution in [0.3, 0.4) is 0 Å². The van der Waals surface area contributed by atoms with Gasteiger partial charge in [-0.25, -0.2) is 0 Å². The van der Waals surface area contributed by atoms with Crippen LogP contribution in [-0.4, -0.2) is 0 Å². The van der Waals surface area contributed by atoms with Crippen LogP contribution in [0.1, 0.15) is 193 Å². The lowest BCUT2D eigenvalue weighted by atomic mass is 9.66. The summed E-state index contributed by atoms with van der Waals surface area (Å²) >= 11 is 0. The maximum absolute atomic E-state index is 2.48. The molecule has 6 fully saturated rings. The first-order valence-electron chi connectivity index (χ1n) is 20.2. The quantitative estimate of drug-likeness (QED) is 0.261. The molecule has 0 heterocycles. The molecular weight excluding hydrogens is 492 g/mol. The summed E-state index contributed by atoms with van der Waals surface area (Å²) in [6.45, 7) is 2.48. The fourth-order valence-electron chi connectivity index (χ4n) is 12.1. The topological polar surface area (TPSA) is 0 Å². The third-order valence-corrected chi connectivity index (χ3v) is 15.2. The fraction of sp³-hybridized carbons (Fsp3) is 1.00. The second-order valence-corrected chi connectivity index (χ2v) is 17.7. The van der Waals surface area contributed by atoms with Crippen molar-refractivity contribution in [1.82, 2.24) is 0 Å². The Kier molecular flexibility index (Phi) is 12.0. The standard InChI is InChI=1S/C41H72/c1-31-7-21-37(22-8-31)39-25-15-33(16-26-39)11-12-35-19-29-41(30-20-35)40-27-17-34(18-28-40)10-9-32-13-23-38(24-14-32)36-5-3-2-4-6-36/h31-41H,2-30H2,1H3. The van der Waals surface area contributed by atoms with Gasteiger partial charge in [0.1, 0.15) is 0 Å². The van der Waals surface area contributed by atoms with Gasteiger partial charge in [-0.05, 0) is 129 Å². The molecule has 0 spiro atoms. The zero-order chi connectivity index (χ0) is 27.9. The average molecular weight is 565 g/mol. The van der Waals surface area contributed by atoms with E-state index in [-0.39, 0.29) is 0 Å². The van der Waals surface area contributed by atoms with Crippen molar-refractivity contribution in [2.45, 2.75) is 193 Å². The second-order valence-electron chi connectivity index (χ2n) is 17.7. The molecular formula is C41H72. The average Bonchev–Trinajstić information content (AvgIpc) is 3.05. The van der Waals surface area contributed by atoms with Crippen molar-refractivity contribution < 1.29 is 0 Å². The van der Waals surface area contributed by atoms with E-state index in [1.165, 1.54) is 32.1 Å². The first-order valence-corrected chi connectivity index (χ1v) is 20.2. The van der Waals surface area contributed by atoms with Crippen LogP contribution in [0.15, 0.2) is 0 Å². The van der Waals surface area contributed by atoms with Crippen molar-refractivity contribution >= 4 is 0 Å². The molecule has 6 aliphatic carbocycles. The van der Waals surface area contributed by atoms with Crippen molar-refractivity contribution in [2.24, 2.45) is 65.1 Å². The Labute approximate surface area is 257 Å². The van der Waals surface area contributed by atoms with Crippen molar-refractivity contribution in [1.29, 1.82) is 0 Å². The highest BCUT2D eigenvalue weighted by atomic mass is 14.4. The van der Waals surface area contributed by atoms with Crippen LogP contribution < -0.4 is 0 Å². The van der Waals surface area contributed by atoms with E-state index in [2.05, 4.69) is 6.92 Å². The third-order valence-electron chi connectivity index (χ3n) is 15.2. The Bertz CT molecular complexity index is 692. The first kappa shape index (κ1) is 31.0. The van der Waals surface area contributed by atoms with E-state index < -0.39 is 0 Å². The van der Waals surface area contributed by atoms with Crippen molar-refractivity contribution in [2.75, 3.05) is 0 Å². The Morgan fingerprint density at radius 1 is 0.268 bits per heavy atom. The summed E-state index contributed by atoms with van der Waals surface area (Å²) < 4.78 is 0. The Balaban J connectivity index is 0.797. The lowest BCUT2D eigenvalue weighted by molar-refractivity contribution is 0.124. The molecule has 0 unspecified atom stereocenters. The van der Waals surface area contributed by atoms with E-state index in [0.717, 1.165) is 65.1 Å². The molecule has 0 heteroatoms. The predicted octanol–water partition coefficient (Wildman–Crippen LogP) is 13.2. The molecule has 0 aliphatic heterocycles. The van der Waals surface area contributed by atoms with Crippen molar-refractivity contribution in [3.63, 3.8) is 0 Å². The summed E-state index contributed by atoms with van der Waals surface area (Å²) in [5.41, 5.74) is 0. The van der Waals surface area contributed by atoms with Crippen LogP contribution in [-0.2, 0) is 0 Å². The van der Waals surface area contributed by atoms with Gasteiger partial charge in [-0.3, -0.25) is 0 Å². The first-order chi connectivity index (χ1) is 20.2. The minimum absolute atomic E-state index is 1.02. The summed E-state index contributed by atoms with van der Waals surface area (Å²) in [6.07, 6.45) is 45.6. The van der Waals surface area contributed by atoms with Gasteiger partial charge >= 0.3 is 0 Å². The highest BCUT2D eigenvalue weighted by Gasteiger charge is 2.34. The maximum Gasteiger partial charge on any atom is -0.0386 e. The van der Waals surface area contributed by atoms with Gasteiger partial charge in [0.25, 0.3) is 0 Å². The number of rotatable bonds is 9. The fourth-order valence-corrected chi connectivity index (χ4v) is 12.1. The predicted molar refractivity (Wildman–Crippen MR) is 178 cm³/mol. The van der Waals surface area contributed by atoms with Gasteiger partial charge in [0.05, 0.1) is 0 Å². The van der Waals surface area contributed by atoms with Gasteiger partial charge in [0.2, 0.25) is 0 Å². The van der Waals surface area contributed by atoms with Gasteiger partial charge in [-0.2, -0.15) is 0 Å².